The number of rotatable bonds is 14. The Labute approximate surface area is 307 Å². The van der Waals surface area contributed by atoms with Crippen molar-refractivity contribution in [2.45, 2.75) is 57.8 Å². The van der Waals surface area contributed by atoms with Crippen molar-refractivity contribution >= 4 is 34.8 Å². The maximum absolute atomic E-state index is 12.9. The molecule has 0 radical (unpaired) electrons. The van der Waals surface area contributed by atoms with E-state index in [0.717, 1.165) is 110 Å². The molecule has 0 atom stereocenters. The van der Waals surface area contributed by atoms with Crippen LogP contribution in [0, 0.1) is 29.6 Å². The first-order chi connectivity index (χ1) is 24.8. The van der Waals surface area contributed by atoms with Crippen LogP contribution in [0.2, 0.25) is 5.02 Å². The molecule has 2 N–H and O–H groups in total. The Morgan fingerprint density at radius 2 is 1.76 bits per heavy atom. The van der Waals surface area contributed by atoms with E-state index in [9.17, 15) is 9.59 Å². The predicted octanol–water partition coefficient (Wildman–Crippen LogP) is 6.34. The summed E-state index contributed by atoms with van der Waals surface area (Å²) in [5.74, 6) is 5.67. The van der Waals surface area contributed by atoms with Gasteiger partial charge < -0.3 is 20.3 Å². The van der Waals surface area contributed by atoms with Crippen LogP contribution in [0.4, 0.5) is 11.4 Å². The number of aromatic nitrogens is 2. The number of piperazine rings is 1. The number of benzene rings is 2. The van der Waals surface area contributed by atoms with Gasteiger partial charge in [-0.25, -0.2) is 9.97 Å². The first-order valence-corrected chi connectivity index (χ1v) is 19.1. The van der Waals surface area contributed by atoms with Gasteiger partial charge in [-0.05, 0) is 104 Å². The molecule has 1 aromatic heterocycles. The standard InChI is InChI=1S/C41H51ClN6O3/c1-3-40(49)45-33-6-4-5-27(22-33)7-10-37-36(42)26-44-39(46-37)23-30-8-9-34(24-38(30)51-2)48-15-13-47(14-16-48)12-11-43-41(50)25-35-31-18-28-17-29(20-31)21-32(35)19-28/h3-6,8-9,22,24,26,28-29,31-32,35H,1,7,10-21,23,25H2,2H3,(H,43,50)(H,45,49). The van der Waals surface area contributed by atoms with E-state index in [0.29, 0.717) is 29.6 Å². The molecule has 51 heavy (non-hydrogen) atoms. The summed E-state index contributed by atoms with van der Waals surface area (Å²) in [5.41, 5.74) is 4.75. The lowest BCUT2D eigenvalue weighted by atomic mass is 9.51. The molecule has 2 heterocycles. The van der Waals surface area contributed by atoms with Gasteiger partial charge in [0.1, 0.15) is 11.6 Å². The van der Waals surface area contributed by atoms with Gasteiger partial charge >= 0.3 is 0 Å². The van der Waals surface area contributed by atoms with Crippen LogP contribution >= 0.6 is 11.6 Å². The van der Waals surface area contributed by atoms with Gasteiger partial charge in [0.2, 0.25) is 11.8 Å². The molecule has 270 valence electrons. The van der Waals surface area contributed by atoms with Crippen LogP contribution in [0.25, 0.3) is 0 Å². The summed E-state index contributed by atoms with van der Waals surface area (Å²) in [6.07, 6.45) is 12.5. The number of halogens is 1. The summed E-state index contributed by atoms with van der Waals surface area (Å²) in [5, 5.41) is 6.60. The van der Waals surface area contributed by atoms with Gasteiger partial charge in [-0.3, -0.25) is 14.5 Å². The summed E-state index contributed by atoms with van der Waals surface area (Å²) in [7, 11) is 1.71. The first kappa shape index (κ1) is 35.5. The minimum Gasteiger partial charge on any atom is -0.496 e. The maximum Gasteiger partial charge on any atom is 0.247 e. The van der Waals surface area contributed by atoms with Gasteiger partial charge in [-0.15, -0.1) is 0 Å². The van der Waals surface area contributed by atoms with Crippen molar-refractivity contribution in [1.82, 2.24) is 20.2 Å². The van der Waals surface area contributed by atoms with E-state index in [4.69, 9.17) is 21.3 Å². The van der Waals surface area contributed by atoms with Crippen molar-refractivity contribution in [3.05, 3.63) is 89.0 Å². The number of methoxy groups -OCH3 is 1. The van der Waals surface area contributed by atoms with E-state index < -0.39 is 0 Å². The zero-order valence-electron chi connectivity index (χ0n) is 29.8. The SMILES string of the molecule is C=CC(=O)Nc1cccc(CCc2nc(Cc3ccc(N4CCN(CCNC(=O)CC5C6CC7CC(C6)CC5C7)CC4)cc3OC)ncc2Cl)c1. The summed E-state index contributed by atoms with van der Waals surface area (Å²) in [6, 6.07) is 14.1. The zero-order valence-corrected chi connectivity index (χ0v) is 30.5. The number of carbonyl (C=O) groups is 2. The van der Waals surface area contributed by atoms with Crippen LogP contribution in [-0.2, 0) is 28.9 Å². The molecule has 4 saturated carbocycles. The molecular formula is C41H51ClN6O3. The second-order valence-electron chi connectivity index (χ2n) is 15.1. The highest BCUT2D eigenvalue weighted by Crippen LogP contribution is 2.57. The normalized spacial score (nSPS) is 24.0. The Morgan fingerprint density at radius 3 is 2.49 bits per heavy atom. The summed E-state index contributed by atoms with van der Waals surface area (Å²) in [4.78, 5) is 38.8. The molecule has 2 amide bonds. The molecule has 10 heteroatoms. The van der Waals surface area contributed by atoms with Crippen LogP contribution in [0.3, 0.4) is 0 Å². The number of amides is 2. The minimum absolute atomic E-state index is 0.239. The van der Waals surface area contributed by atoms with Crippen molar-refractivity contribution in [2.24, 2.45) is 29.6 Å². The molecule has 0 unspecified atom stereocenters. The maximum atomic E-state index is 12.9. The Kier molecular flexibility index (Phi) is 11.2. The van der Waals surface area contributed by atoms with Crippen LogP contribution in [0.15, 0.2) is 61.3 Å². The second kappa shape index (κ2) is 16.2. The smallest absolute Gasteiger partial charge is 0.247 e. The van der Waals surface area contributed by atoms with Crippen LogP contribution in [0.5, 0.6) is 5.75 Å². The summed E-state index contributed by atoms with van der Waals surface area (Å²) in [6.45, 7) is 8.92. The fourth-order valence-electron chi connectivity index (χ4n) is 9.45. The van der Waals surface area contributed by atoms with Crippen molar-refractivity contribution in [2.75, 3.05) is 56.6 Å². The summed E-state index contributed by atoms with van der Waals surface area (Å²) >= 11 is 6.51. The monoisotopic (exact) mass is 710 g/mol. The number of carbonyl (C=O) groups excluding carboxylic acids is 2. The highest BCUT2D eigenvalue weighted by molar-refractivity contribution is 6.31. The first-order valence-electron chi connectivity index (χ1n) is 18.8. The molecule has 8 rings (SSSR count). The van der Waals surface area contributed by atoms with Crippen LogP contribution < -0.4 is 20.3 Å². The Hall–Kier alpha value is -3.95. The van der Waals surface area contributed by atoms with E-state index in [1.807, 2.05) is 24.3 Å². The van der Waals surface area contributed by atoms with Gasteiger partial charge in [-0.2, -0.15) is 0 Å². The van der Waals surface area contributed by atoms with Gasteiger partial charge in [0.15, 0.2) is 0 Å². The molecule has 1 aliphatic heterocycles. The fourth-order valence-corrected chi connectivity index (χ4v) is 9.64. The minimum atomic E-state index is -0.239. The van der Waals surface area contributed by atoms with Crippen LogP contribution in [0.1, 0.15) is 61.2 Å². The number of anilines is 2. The van der Waals surface area contributed by atoms with Gasteiger partial charge in [0.25, 0.3) is 0 Å². The predicted molar refractivity (Wildman–Crippen MR) is 202 cm³/mol. The molecule has 4 bridgehead atoms. The molecule has 9 nitrogen and oxygen atoms in total. The van der Waals surface area contributed by atoms with Gasteiger partial charge in [0.05, 0.1) is 17.8 Å². The average molecular weight is 711 g/mol. The van der Waals surface area contributed by atoms with E-state index in [2.05, 4.69) is 50.2 Å². The third-order valence-electron chi connectivity index (χ3n) is 11.8. The lowest BCUT2D eigenvalue weighted by Gasteiger charge is -2.54. The zero-order chi connectivity index (χ0) is 35.3. The molecule has 3 aromatic rings. The second-order valence-corrected chi connectivity index (χ2v) is 15.5. The number of hydrogen-bond donors (Lipinski definition) is 2. The highest BCUT2D eigenvalue weighted by Gasteiger charge is 2.48. The molecular weight excluding hydrogens is 660 g/mol. The molecule has 5 aliphatic rings. The van der Waals surface area contributed by atoms with Crippen LogP contribution in [-0.4, -0.2) is 73.1 Å². The largest absolute Gasteiger partial charge is 0.496 e. The third-order valence-corrected chi connectivity index (χ3v) is 12.2. The number of nitrogens with zero attached hydrogens (tertiary/aromatic N) is 4. The van der Waals surface area contributed by atoms with Crippen molar-refractivity contribution < 1.29 is 14.3 Å². The van der Waals surface area contributed by atoms with E-state index in [1.165, 1.54) is 38.2 Å². The molecule has 0 spiro atoms. The number of hydrogen-bond acceptors (Lipinski definition) is 7. The van der Waals surface area contributed by atoms with Crippen molar-refractivity contribution in [3.8, 4) is 5.75 Å². The lowest BCUT2D eigenvalue weighted by Crippen LogP contribution is -2.49. The number of ether oxygens (including phenoxy) is 1. The Balaban J connectivity index is 0.872. The molecule has 5 fully saturated rings. The topological polar surface area (TPSA) is 99.7 Å². The van der Waals surface area contributed by atoms with Crippen molar-refractivity contribution in [3.63, 3.8) is 0 Å². The average Bonchev–Trinajstić information content (AvgIpc) is 3.13. The Morgan fingerprint density at radius 1 is 1.00 bits per heavy atom. The van der Waals surface area contributed by atoms with E-state index in [1.54, 1.807) is 13.3 Å². The quantitative estimate of drug-likeness (QED) is 0.189. The molecule has 4 aliphatic carbocycles. The molecule has 1 saturated heterocycles. The van der Waals surface area contributed by atoms with E-state index >= 15 is 0 Å². The number of nitrogens with one attached hydrogen (secondary N) is 2. The third kappa shape index (κ3) is 8.75. The van der Waals surface area contributed by atoms with Crippen molar-refractivity contribution in [1.29, 1.82) is 0 Å². The van der Waals surface area contributed by atoms with Gasteiger partial charge in [-0.1, -0.05) is 36.4 Å². The molecule has 2 aromatic carbocycles. The van der Waals surface area contributed by atoms with Gasteiger partial charge in [0, 0.05) is 81.3 Å². The van der Waals surface area contributed by atoms with E-state index in [-0.39, 0.29) is 11.8 Å². The lowest BCUT2D eigenvalue weighted by molar-refractivity contribution is -0.126. The summed E-state index contributed by atoms with van der Waals surface area (Å²) < 4.78 is 5.84. The highest BCUT2D eigenvalue weighted by atomic mass is 35.5. The number of aryl methyl sites for hydroxylation is 2. The fraction of sp³-hybridized carbons (Fsp3) is 0.512. The Bertz CT molecular complexity index is 1700.